The Balaban J connectivity index is 1.88. The van der Waals surface area contributed by atoms with Crippen molar-refractivity contribution in [3.05, 3.63) is 48.0 Å². The molecule has 1 aromatic heterocycles. The lowest BCUT2D eigenvalue weighted by atomic mass is 9.65. The Hall–Kier alpha value is -2.43. The van der Waals surface area contributed by atoms with Crippen LogP contribution in [0.3, 0.4) is 0 Å². The zero-order valence-corrected chi connectivity index (χ0v) is 13.4. The highest BCUT2D eigenvalue weighted by atomic mass is 16.5. The third kappa shape index (κ3) is 2.36. The molecule has 2 N–H and O–H groups in total. The van der Waals surface area contributed by atoms with Crippen molar-refractivity contribution in [2.75, 3.05) is 6.61 Å². The van der Waals surface area contributed by atoms with Gasteiger partial charge in [-0.25, -0.2) is 15.0 Å². The molecular formula is C18H20N4O. The van der Waals surface area contributed by atoms with Crippen LogP contribution >= 0.6 is 0 Å². The molecule has 0 radical (unpaired) electrons. The van der Waals surface area contributed by atoms with Gasteiger partial charge in [0.2, 0.25) is 0 Å². The topological polar surface area (TPSA) is 73.4 Å². The van der Waals surface area contributed by atoms with Crippen LogP contribution in [0.5, 0.6) is 0 Å². The largest absolute Gasteiger partial charge is 0.462 e. The Morgan fingerprint density at radius 1 is 1.13 bits per heavy atom. The van der Waals surface area contributed by atoms with E-state index < -0.39 is 0 Å². The molecule has 4 rings (SSSR count). The lowest BCUT2D eigenvalue weighted by Gasteiger charge is -2.41. The van der Waals surface area contributed by atoms with Gasteiger partial charge in [-0.05, 0) is 41.0 Å². The molecule has 23 heavy (non-hydrogen) atoms. The van der Waals surface area contributed by atoms with Gasteiger partial charge in [0.15, 0.2) is 0 Å². The van der Waals surface area contributed by atoms with Crippen molar-refractivity contribution in [1.82, 2.24) is 9.97 Å². The molecule has 1 aliphatic carbocycles. The first kappa shape index (κ1) is 14.2. The molecule has 1 unspecified atom stereocenters. The summed E-state index contributed by atoms with van der Waals surface area (Å²) in [6, 6.07) is 6.83. The number of hydrogen-bond acceptors (Lipinski definition) is 5. The van der Waals surface area contributed by atoms with Crippen LogP contribution in [0.2, 0.25) is 0 Å². The third-order valence-electron chi connectivity index (χ3n) is 4.73. The Bertz CT molecular complexity index is 785. The summed E-state index contributed by atoms with van der Waals surface area (Å²) in [4.78, 5) is 12.9. The summed E-state index contributed by atoms with van der Waals surface area (Å²) in [5, 5.41) is 0. The van der Waals surface area contributed by atoms with Gasteiger partial charge in [0, 0.05) is 18.0 Å². The molecule has 2 aromatic rings. The fourth-order valence-electron chi connectivity index (χ4n) is 3.95. The van der Waals surface area contributed by atoms with Crippen LogP contribution in [0.15, 0.2) is 41.9 Å². The molecule has 1 aliphatic heterocycles. The van der Waals surface area contributed by atoms with E-state index in [-0.39, 0.29) is 11.0 Å². The molecule has 118 valence electrons. The Morgan fingerprint density at radius 2 is 1.91 bits per heavy atom. The number of benzene rings is 1. The molecule has 2 heterocycles. The predicted molar refractivity (Wildman–Crippen MR) is 88.8 cm³/mol. The molecule has 0 saturated heterocycles. The van der Waals surface area contributed by atoms with Crippen LogP contribution in [0.1, 0.15) is 31.4 Å². The van der Waals surface area contributed by atoms with E-state index in [0.717, 1.165) is 24.0 Å². The minimum atomic E-state index is -0.368. The Morgan fingerprint density at radius 3 is 2.61 bits per heavy atom. The van der Waals surface area contributed by atoms with E-state index in [1.54, 1.807) is 6.33 Å². The standard InChI is InChI=1S/C18H20N4O/c1-17(2)6-13-4-3-12(14-7-20-11-21-8-14)5-15(13)18(9-17)10-23-16(19)22-18/h3-5,7-8,11H,6,9-10H2,1-2H3,(H2,19,22). The van der Waals surface area contributed by atoms with E-state index in [4.69, 9.17) is 15.5 Å². The van der Waals surface area contributed by atoms with Crippen LogP contribution in [0, 0.1) is 5.41 Å². The van der Waals surface area contributed by atoms with Crippen molar-refractivity contribution in [3.8, 4) is 11.1 Å². The number of aliphatic imine (C=N–C) groups is 1. The second kappa shape index (κ2) is 4.78. The smallest absolute Gasteiger partial charge is 0.283 e. The number of amidine groups is 1. The average molecular weight is 308 g/mol. The second-order valence-corrected chi connectivity index (χ2v) is 7.29. The van der Waals surface area contributed by atoms with E-state index in [0.29, 0.717) is 12.6 Å². The second-order valence-electron chi connectivity index (χ2n) is 7.29. The molecule has 5 nitrogen and oxygen atoms in total. The summed E-state index contributed by atoms with van der Waals surface area (Å²) in [6.07, 6.45) is 7.17. The van der Waals surface area contributed by atoms with Crippen molar-refractivity contribution >= 4 is 6.02 Å². The predicted octanol–water partition coefficient (Wildman–Crippen LogP) is 2.66. The molecular weight excluding hydrogens is 288 g/mol. The zero-order chi connectivity index (χ0) is 16.1. The van der Waals surface area contributed by atoms with Gasteiger partial charge in [0.05, 0.1) is 0 Å². The highest BCUT2D eigenvalue weighted by Gasteiger charge is 2.47. The summed E-state index contributed by atoms with van der Waals surface area (Å²) < 4.78 is 5.54. The van der Waals surface area contributed by atoms with Crippen molar-refractivity contribution in [2.24, 2.45) is 16.1 Å². The van der Waals surface area contributed by atoms with Crippen LogP contribution < -0.4 is 5.73 Å². The SMILES string of the molecule is CC1(C)Cc2ccc(-c3cncnc3)cc2C2(COC(N)=N2)C1. The lowest BCUT2D eigenvalue weighted by molar-refractivity contribution is 0.163. The van der Waals surface area contributed by atoms with E-state index in [1.165, 1.54) is 11.1 Å². The summed E-state index contributed by atoms with van der Waals surface area (Å²) >= 11 is 0. The van der Waals surface area contributed by atoms with Crippen LogP contribution in [0.4, 0.5) is 0 Å². The Labute approximate surface area is 135 Å². The van der Waals surface area contributed by atoms with E-state index in [1.807, 2.05) is 12.4 Å². The van der Waals surface area contributed by atoms with Gasteiger partial charge >= 0.3 is 0 Å². The number of fused-ring (bicyclic) bond motifs is 2. The molecule has 0 amide bonds. The van der Waals surface area contributed by atoms with Crippen molar-refractivity contribution in [2.45, 2.75) is 32.2 Å². The zero-order valence-electron chi connectivity index (χ0n) is 13.4. The van der Waals surface area contributed by atoms with E-state index in [9.17, 15) is 0 Å². The van der Waals surface area contributed by atoms with Crippen LogP contribution in [-0.2, 0) is 16.7 Å². The normalized spacial score (nSPS) is 24.9. The lowest BCUT2D eigenvalue weighted by Crippen LogP contribution is -2.39. The molecule has 5 heteroatoms. The number of aromatic nitrogens is 2. The van der Waals surface area contributed by atoms with Crippen molar-refractivity contribution < 1.29 is 4.74 Å². The van der Waals surface area contributed by atoms with Gasteiger partial charge in [-0.2, -0.15) is 0 Å². The minimum absolute atomic E-state index is 0.169. The first-order valence-corrected chi connectivity index (χ1v) is 7.84. The van der Waals surface area contributed by atoms with Gasteiger partial charge in [-0.1, -0.05) is 26.0 Å². The first-order chi connectivity index (χ1) is 11.0. The monoisotopic (exact) mass is 308 g/mol. The summed E-state index contributed by atoms with van der Waals surface area (Å²) in [5.41, 5.74) is 10.3. The number of nitrogens with zero attached hydrogens (tertiary/aromatic N) is 3. The molecule has 1 atom stereocenters. The van der Waals surface area contributed by atoms with Crippen LogP contribution in [0.25, 0.3) is 11.1 Å². The number of nitrogens with two attached hydrogens (primary N) is 1. The van der Waals surface area contributed by atoms with Crippen molar-refractivity contribution in [3.63, 3.8) is 0 Å². The maximum Gasteiger partial charge on any atom is 0.283 e. The fraction of sp³-hybridized carbons (Fsp3) is 0.389. The Kier molecular flexibility index (Phi) is 2.95. The number of ether oxygens (including phenoxy) is 1. The number of hydrogen-bond donors (Lipinski definition) is 1. The van der Waals surface area contributed by atoms with Crippen molar-refractivity contribution in [1.29, 1.82) is 0 Å². The van der Waals surface area contributed by atoms with E-state index >= 15 is 0 Å². The highest BCUT2D eigenvalue weighted by Crippen LogP contribution is 2.49. The van der Waals surface area contributed by atoms with Gasteiger partial charge in [-0.15, -0.1) is 0 Å². The van der Waals surface area contributed by atoms with E-state index in [2.05, 4.69) is 42.0 Å². The minimum Gasteiger partial charge on any atom is -0.462 e. The van der Waals surface area contributed by atoms with Gasteiger partial charge < -0.3 is 10.5 Å². The summed E-state index contributed by atoms with van der Waals surface area (Å²) in [5.74, 6) is 0. The van der Waals surface area contributed by atoms with Gasteiger partial charge in [0.25, 0.3) is 6.02 Å². The molecule has 1 aromatic carbocycles. The number of rotatable bonds is 1. The highest BCUT2D eigenvalue weighted by molar-refractivity contribution is 5.75. The summed E-state index contributed by atoms with van der Waals surface area (Å²) in [7, 11) is 0. The molecule has 0 fully saturated rings. The summed E-state index contributed by atoms with van der Waals surface area (Å²) in [6.45, 7) is 5.07. The molecule has 2 aliphatic rings. The quantitative estimate of drug-likeness (QED) is 0.879. The average Bonchev–Trinajstić information content (AvgIpc) is 2.88. The first-order valence-electron chi connectivity index (χ1n) is 7.84. The maximum absolute atomic E-state index is 5.84. The fourth-order valence-corrected chi connectivity index (χ4v) is 3.95. The molecule has 0 bridgehead atoms. The van der Waals surface area contributed by atoms with Crippen LogP contribution in [-0.4, -0.2) is 22.6 Å². The molecule has 1 spiro atoms. The van der Waals surface area contributed by atoms with Gasteiger partial charge in [0.1, 0.15) is 18.5 Å². The molecule has 0 saturated carbocycles. The third-order valence-corrected chi connectivity index (χ3v) is 4.73. The maximum atomic E-state index is 5.84. The van der Waals surface area contributed by atoms with Gasteiger partial charge in [-0.3, -0.25) is 0 Å².